The fourth-order valence-electron chi connectivity index (χ4n) is 1.93. The van der Waals surface area contributed by atoms with Gasteiger partial charge < -0.3 is 14.5 Å². The first-order valence-corrected chi connectivity index (χ1v) is 5.18. The summed E-state index contributed by atoms with van der Waals surface area (Å²) in [4.78, 5) is 0. The quantitative estimate of drug-likeness (QED) is 0.794. The van der Waals surface area contributed by atoms with Gasteiger partial charge in [0.15, 0.2) is 0 Å². The maximum absolute atomic E-state index is 5.62. The third-order valence-corrected chi connectivity index (χ3v) is 2.61. The summed E-state index contributed by atoms with van der Waals surface area (Å²) < 4.78 is 10.6. The van der Waals surface area contributed by atoms with Crippen molar-refractivity contribution in [2.45, 2.75) is 31.9 Å². The van der Waals surface area contributed by atoms with Gasteiger partial charge >= 0.3 is 0 Å². The zero-order chi connectivity index (χ0) is 9.80. The molecule has 3 nitrogen and oxygen atoms in total. The van der Waals surface area contributed by atoms with Gasteiger partial charge in [0, 0.05) is 19.6 Å². The summed E-state index contributed by atoms with van der Waals surface area (Å²) in [5.41, 5.74) is 0. The van der Waals surface area contributed by atoms with E-state index in [0.717, 1.165) is 24.5 Å². The summed E-state index contributed by atoms with van der Waals surface area (Å²) in [7, 11) is 1.68. The SMILES string of the molecule is COCc1ccc(CC2CCCN2)o1. The highest BCUT2D eigenvalue weighted by Gasteiger charge is 2.15. The van der Waals surface area contributed by atoms with Crippen molar-refractivity contribution < 1.29 is 9.15 Å². The summed E-state index contributed by atoms with van der Waals surface area (Å²) in [6.07, 6.45) is 3.56. The van der Waals surface area contributed by atoms with E-state index in [1.54, 1.807) is 7.11 Å². The lowest BCUT2D eigenvalue weighted by Gasteiger charge is -2.06. The lowest BCUT2D eigenvalue weighted by atomic mass is 10.1. The third kappa shape index (κ3) is 2.36. The van der Waals surface area contributed by atoms with E-state index < -0.39 is 0 Å². The fraction of sp³-hybridized carbons (Fsp3) is 0.636. The molecule has 3 heteroatoms. The molecule has 1 aliphatic heterocycles. The average molecular weight is 195 g/mol. The Morgan fingerprint density at radius 1 is 1.50 bits per heavy atom. The van der Waals surface area contributed by atoms with Crippen LogP contribution in [0.3, 0.4) is 0 Å². The van der Waals surface area contributed by atoms with Gasteiger partial charge in [-0.3, -0.25) is 0 Å². The van der Waals surface area contributed by atoms with E-state index in [1.807, 2.05) is 12.1 Å². The van der Waals surface area contributed by atoms with Crippen LogP contribution in [0.2, 0.25) is 0 Å². The fourth-order valence-corrected chi connectivity index (χ4v) is 1.93. The molecule has 1 aromatic rings. The minimum Gasteiger partial charge on any atom is -0.464 e. The summed E-state index contributed by atoms with van der Waals surface area (Å²) in [5.74, 6) is 1.98. The molecule has 78 valence electrons. The molecule has 1 N–H and O–H groups in total. The normalized spacial score (nSPS) is 21.6. The number of hydrogen-bond acceptors (Lipinski definition) is 3. The maximum Gasteiger partial charge on any atom is 0.129 e. The molecule has 0 spiro atoms. The Bertz CT molecular complexity index is 277. The zero-order valence-electron chi connectivity index (χ0n) is 8.58. The first-order valence-electron chi connectivity index (χ1n) is 5.18. The Kier molecular flexibility index (Phi) is 3.22. The van der Waals surface area contributed by atoms with Gasteiger partial charge in [-0.2, -0.15) is 0 Å². The molecule has 1 saturated heterocycles. The van der Waals surface area contributed by atoms with Gasteiger partial charge in [-0.25, -0.2) is 0 Å². The minimum absolute atomic E-state index is 0.568. The van der Waals surface area contributed by atoms with Crippen molar-refractivity contribution in [2.75, 3.05) is 13.7 Å². The van der Waals surface area contributed by atoms with Gasteiger partial charge in [0.2, 0.25) is 0 Å². The third-order valence-electron chi connectivity index (χ3n) is 2.61. The predicted octanol–water partition coefficient (Wildman–Crippen LogP) is 1.72. The van der Waals surface area contributed by atoms with Crippen LogP contribution in [0.4, 0.5) is 0 Å². The second-order valence-electron chi connectivity index (χ2n) is 3.80. The van der Waals surface area contributed by atoms with Crippen molar-refractivity contribution >= 4 is 0 Å². The van der Waals surface area contributed by atoms with Crippen molar-refractivity contribution in [3.63, 3.8) is 0 Å². The van der Waals surface area contributed by atoms with Crippen LogP contribution in [-0.4, -0.2) is 19.7 Å². The van der Waals surface area contributed by atoms with E-state index in [-0.39, 0.29) is 0 Å². The van der Waals surface area contributed by atoms with Gasteiger partial charge in [0.05, 0.1) is 0 Å². The average Bonchev–Trinajstić information content (AvgIpc) is 2.79. The number of hydrogen-bond donors (Lipinski definition) is 1. The lowest BCUT2D eigenvalue weighted by Crippen LogP contribution is -2.23. The molecular weight excluding hydrogens is 178 g/mol. The standard InChI is InChI=1S/C11H17NO2/c1-13-8-11-5-4-10(14-11)7-9-3-2-6-12-9/h4-5,9,12H,2-3,6-8H2,1H3. The molecule has 0 aliphatic carbocycles. The number of ether oxygens (including phenoxy) is 1. The van der Waals surface area contributed by atoms with E-state index in [1.165, 1.54) is 12.8 Å². The summed E-state index contributed by atoms with van der Waals surface area (Å²) in [6.45, 7) is 1.72. The second-order valence-corrected chi connectivity index (χ2v) is 3.80. The number of furan rings is 1. The van der Waals surface area contributed by atoms with Gasteiger partial charge in [0.25, 0.3) is 0 Å². The molecule has 2 rings (SSSR count). The van der Waals surface area contributed by atoms with Gasteiger partial charge in [-0.15, -0.1) is 0 Å². The molecule has 0 bridgehead atoms. The molecule has 1 fully saturated rings. The van der Waals surface area contributed by atoms with Crippen molar-refractivity contribution in [3.8, 4) is 0 Å². The van der Waals surface area contributed by atoms with Crippen LogP contribution in [0.5, 0.6) is 0 Å². The van der Waals surface area contributed by atoms with E-state index in [4.69, 9.17) is 9.15 Å². The van der Waals surface area contributed by atoms with Crippen LogP contribution in [0.25, 0.3) is 0 Å². The van der Waals surface area contributed by atoms with Crippen LogP contribution in [0, 0.1) is 0 Å². The summed E-state index contributed by atoms with van der Waals surface area (Å²) in [6, 6.07) is 4.65. The second kappa shape index (κ2) is 4.62. The molecule has 1 atom stereocenters. The Morgan fingerprint density at radius 3 is 3.07 bits per heavy atom. The van der Waals surface area contributed by atoms with Crippen molar-refractivity contribution in [1.29, 1.82) is 0 Å². The van der Waals surface area contributed by atoms with Crippen LogP contribution in [0.15, 0.2) is 16.5 Å². The highest BCUT2D eigenvalue weighted by atomic mass is 16.5. The summed E-state index contributed by atoms with van der Waals surface area (Å²) in [5, 5.41) is 3.46. The molecule has 0 radical (unpaired) electrons. The molecule has 0 amide bonds. The Labute approximate surface area is 84.4 Å². The van der Waals surface area contributed by atoms with Crippen molar-refractivity contribution in [2.24, 2.45) is 0 Å². The predicted molar refractivity (Wildman–Crippen MR) is 54.1 cm³/mol. The molecule has 1 unspecified atom stereocenters. The smallest absolute Gasteiger partial charge is 0.129 e. The van der Waals surface area contributed by atoms with E-state index in [0.29, 0.717) is 12.6 Å². The van der Waals surface area contributed by atoms with Crippen molar-refractivity contribution in [1.82, 2.24) is 5.32 Å². The molecule has 1 aromatic heterocycles. The molecular formula is C11H17NO2. The molecule has 14 heavy (non-hydrogen) atoms. The number of methoxy groups -OCH3 is 1. The van der Waals surface area contributed by atoms with E-state index in [9.17, 15) is 0 Å². The minimum atomic E-state index is 0.568. The Morgan fingerprint density at radius 2 is 2.36 bits per heavy atom. The van der Waals surface area contributed by atoms with Crippen LogP contribution in [0.1, 0.15) is 24.4 Å². The molecule has 0 aromatic carbocycles. The Balaban J connectivity index is 1.88. The monoisotopic (exact) mass is 195 g/mol. The van der Waals surface area contributed by atoms with E-state index in [2.05, 4.69) is 5.32 Å². The highest BCUT2D eigenvalue weighted by molar-refractivity contribution is 5.08. The first-order chi connectivity index (χ1) is 6.88. The topological polar surface area (TPSA) is 34.4 Å². The lowest BCUT2D eigenvalue weighted by molar-refractivity contribution is 0.162. The Hall–Kier alpha value is -0.800. The number of rotatable bonds is 4. The summed E-state index contributed by atoms with van der Waals surface area (Å²) >= 11 is 0. The molecule has 2 heterocycles. The van der Waals surface area contributed by atoms with Crippen LogP contribution >= 0.6 is 0 Å². The van der Waals surface area contributed by atoms with Gasteiger partial charge in [0.1, 0.15) is 18.1 Å². The molecule has 0 saturated carbocycles. The number of nitrogens with one attached hydrogen (secondary N) is 1. The van der Waals surface area contributed by atoms with Crippen LogP contribution in [-0.2, 0) is 17.8 Å². The van der Waals surface area contributed by atoms with Gasteiger partial charge in [-0.05, 0) is 31.5 Å². The van der Waals surface area contributed by atoms with Crippen LogP contribution < -0.4 is 5.32 Å². The molecule has 1 aliphatic rings. The highest BCUT2D eigenvalue weighted by Crippen LogP contribution is 2.15. The largest absolute Gasteiger partial charge is 0.464 e. The van der Waals surface area contributed by atoms with Crippen molar-refractivity contribution in [3.05, 3.63) is 23.7 Å². The first kappa shape index (κ1) is 9.74. The van der Waals surface area contributed by atoms with Gasteiger partial charge in [-0.1, -0.05) is 0 Å². The van der Waals surface area contributed by atoms with E-state index >= 15 is 0 Å². The zero-order valence-corrected chi connectivity index (χ0v) is 8.58. The maximum atomic E-state index is 5.62.